The molecule has 0 heteroatoms. The van der Waals surface area contributed by atoms with E-state index in [0.29, 0.717) is 0 Å². The van der Waals surface area contributed by atoms with E-state index in [1.807, 2.05) is 38.2 Å². The second-order valence-electron chi connectivity index (χ2n) is 7.97. The molecular formula is C32H40. The van der Waals surface area contributed by atoms with Crippen LogP contribution < -0.4 is 0 Å². The molecular weight excluding hydrogens is 384 g/mol. The molecule has 0 fully saturated rings. The van der Waals surface area contributed by atoms with Gasteiger partial charge in [0.05, 0.1) is 0 Å². The summed E-state index contributed by atoms with van der Waals surface area (Å²) < 4.78 is 0. The van der Waals surface area contributed by atoms with Gasteiger partial charge >= 0.3 is 0 Å². The van der Waals surface area contributed by atoms with Crippen LogP contribution in [0.15, 0.2) is 115 Å². The fourth-order valence-corrected chi connectivity index (χ4v) is 3.56. The smallest absolute Gasteiger partial charge is 0.0209 e. The zero-order chi connectivity index (χ0) is 22.5. The maximum atomic E-state index is 2.34. The fourth-order valence-electron chi connectivity index (χ4n) is 3.56. The van der Waals surface area contributed by atoms with Gasteiger partial charge in [0.2, 0.25) is 0 Å². The number of allylic oxidation sites excluding steroid dienone is 6. The van der Waals surface area contributed by atoms with Gasteiger partial charge in [-0.25, -0.2) is 0 Å². The minimum Gasteiger partial charge on any atom is -0.0916 e. The van der Waals surface area contributed by atoms with Crippen molar-refractivity contribution >= 4 is 0 Å². The summed E-state index contributed by atoms with van der Waals surface area (Å²) in [5.41, 5.74) is 6.53. The summed E-state index contributed by atoms with van der Waals surface area (Å²) in [6.07, 6.45) is 13.4. The molecule has 3 aromatic carbocycles. The molecule has 1 unspecified atom stereocenters. The Morgan fingerprint density at radius 2 is 1.09 bits per heavy atom. The highest BCUT2D eigenvalue weighted by atomic mass is 14.3. The van der Waals surface area contributed by atoms with Crippen LogP contribution in [0.1, 0.15) is 58.2 Å². The van der Waals surface area contributed by atoms with Crippen molar-refractivity contribution < 1.29 is 0 Å². The molecule has 0 aliphatic rings. The predicted molar refractivity (Wildman–Crippen MR) is 145 cm³/mol. The van der Waals surface area contributed by atoms with Crippen LogP contribution in [-0.2, 0) is 5.41 Å². The quantitative estimate of drug-likeness (QED) is 0.273. The van der Waals surface area contributed by atoms with Gasteiger partial charge in [-0.15, -0.1) is 0 Å². The highest BCUT2D eigenvalue weighted by molar-refractivity contribution is 5.64. The van der Waals surface area contributed by atoms with Crippen molar-refractivity contribution in [1.29, 1.82) is 0 Å². The Kier molecular flexibility index (Phi) is 11.8. The molecule has 0 N–H and O–H groups in total. The average molecular weight is 425 g/mol. The number of hydrogen-bond acceptors (Lipinski definition) is 0. The summed E-state index contributed by atoms with van der Waals surface area (Å²) in [4.78, 5) is 0. The first-order valence-electron chi connectivity index (χ1n) is 11.1. The zero-order valence-electron chi connectivity index (χ0n) is 19.7. The lowest BCUT2D eigenvalue weighted by Gasteiger charge is -2.30. The molecule has 0 aliphatic heterocycles. The third kappa shape index (κ3) is 7.54. The summed E-state index contributed by atoms with van der Waals surface area (Å²) in [5, 5.41) is 0. The SMILES string of the molecule is C.C/C=C\C=C/C.C/C=C\CC(C)(c1ccc(C)cc1)c1ccc(-c2ccccc2)cc1. The van der Waals surface area contributed by atoms with Crippen LogP contribution in [0, 0.1) is 6.92 Å². The van der Waals surface area contributed by atoms with Gasteiger partial charge in [-0.05, 0) is 56.4 Å². The zero-order valence-corrected chi connectivity index (χ0v) is 19.7. The highest BCUT2D eigenvalue weighted by Crippen LogP contribution is 2.37. The van der Waals surface area contributed by atoms with Crippen molar-refractivity contribution in [2.24, 2.45) is 0 Å². The van der Waals surface area contributed by atoms with Crippen molar-refractivity contribution in [2.75, 3.05) is 0 Å². The summed E-state index contributed by atoms with van der Waals surface area (Å²) in [7, 11) is 0. The van der Waals surface area contributed by atoms with Crippen LogP contribution in [0.2, 0.25) is 0 Å². The third-order valence-electron chi connectivity index (χ3n) is 5.58. The average Bonchev–Trinajstić information content (AvgIpc) is 2.82. The Balaban J connectivity index is 0.000000648. The fraction of sp³-hybridized carbons (Fsp3) is 0.250. The normalized spacial score (nSPS) is 12.9. The third-order valence-corrected chi connectivity index (χ3v) is 5.58. The van der Waals surface area contributed by atoms with Crippen LogP contribution in [0.25, 0.3) is 11.1 Å². The molecule has 0 aromatic heterocycles. The van der Waals surface area contributed by atoms with E-state index in [1.165, 1.54) is 27.8 Å². The number of aryl methyl sites for hydroxylation is 1. The van der Waals surface area contributed by atoms with Crippen molar-refractivity contribution in [2.45, 2.75) is 53.9 Å². The van der Waals surface area contributed by atoms with E-state index in [4.69, 9.17) is 0 Å². The molecule has 3 rings (SSSR count). The first-order chi connectivity index (χ1) is 15.0. The van der Waals surface area contributed by atoms with Gasteiger partial charge in [-0.3, -0.25) is 0 Å². The van der Waals surface area contributed by atoms with Gasteiger partial charge in [0.15, 0.2) is 0 Å². The molecule has 0 spiro atoms. The topological polar surface area (TPSA) is 0 Å². The molecule has 0 saturated carbocycles. The van der Waals surface area contributed by atoms with Crippen molar-refractivity contribution in [1.82, 2.24) is 0 Å². The van der Waals surface area contributed by atoms with E-state index in [9.17, 15) is 0 Å². The molecule has 3 aromatic rings. The first kappa shape index (κ1) is 26.9. The molecule has 0 amide bonds. The molecule has 1 atom stereocenters. The first-order valence-corrected chi connectivity index (χ1v) is 11.1. The van der Waals surface area contributed by atoms with Gasteiger partial charge in [0.25, 0.3) is 0 Å². The number of benzene rings is 3. The summed E-state index contributed by atoms with van der Waals surface area (Å²) in [5.74, 6) is 0. The minimum absolute atomic E-state index is 0. The van der Waals surface area contributed by atoms with Gasteiger partial charge in [0.1, 0.15) is 0 Å². The van der Waals surface area contributed by atoms with Gasteiger partial charge in [0, 0.05) is 5.41 Å². The molecule has 168 valence electrons. The molecule has 0 aliphatic carbocycles. The van der Waals surface area contributed by atoms with E-state index in [0.717, 1.165) is 6.42 Å². The highest BCUT2D eigenvalue weighted by Gasteiger charge is 2.27. The van der Waals surface area contributed by atoms with Crippen molar-refractivity contribution in [3.8, 4) is 11.1 Å². The van der Waals surface area contributed by atoms with E-state index in [2.05, 4.69) is 112 Å². The van der Waals surface area contributed by atoms with Gasteiger partial charge in [-0.1, -0.05) is 135 Å². The van der Waals surface area contributed by atoms with Crippen LogP contribution in [0.5, 0.6) is 0 Å². The van der Waals surface area contributed by atoms with Crippen molar-refractivity contribution in [3.63, 3.8) is 0 Å². The minimum atomic E-state index is -0.0184. The van der Waals surface area contributed by atoms with E-state index in [1.54, 1.807) is 0 Å². The maximum Gasteiger partial charge on any atom is 0.0209 e. The molecule has 0 bridgehead atoms. The second kappa shape index (κ2) is 14.0. The van der Waals surface area contributed by atoms with Crippen LogP contribution >= 0.6 is 0 Å². The molecule has 32 heavy (non-hydrogen) atoms. The standard InChI is InChI=1S/C25H26.C6H10.CH4/c1-4-5-19-25(3,23-15-11-20(2)12-16-23)24-17-13-22(14-18-24)21-9-7-6-8-10-21;1-3-5-6-4-2;/h4-18H,19H2,1-3H3;3-6H,1-2H3;1H4/b5-4-;5-3-,6-4-;. The molecule has 0 heterocycles. The monoisotopic (exact) mass is 424 g/mol. The molecule has 0 radical (unpaired) electrons. The lowest BCUT2D eigenvalue weighted by Crippen LogP contribution is -2.22. The Bertz CT molecular complexity index is 960. The summed E-state index contributed by atoms with van der Waals surface area (Å²) in [6, 6.07) is 28.6. The van der Waals surface area contributed by atoms with E-state index < -0.39 is 0 Å². The number of hydrogen-bond donors (Lipinski definition) is 0. The largest absolute Gasteiger partial charge is 0.0916 e. The van der Waals surface area contributed by atoms with E-state index >= 15 is 0 Å². The second-order valence-corrected chi connectivity index (χ2v) is 7.97. The lowest BCUT2D eigenvalue weighted by atomic mass is 9.73. The number of rotatable bonds is 6. The molecule has 0 saturated heterocycles. The molecule has 0 nitrogen and oxygen atoms in total. The maximum absolute atomic E-state index is 2.34. The van der Waals surface area contributed by atoms with Gasteiger partial charge < -0.3 is 0 Å². The lowest BCUT2D eigenvalue weighted by molar-refractivity contribution is 0.580. The summed E-state index contributed by atoms with van der Waals surface area (Å²) >= 11 is 0. The van der Waals surface area contributed by atoms with Crippen LogP contribution in [0.3, 0.4) is 0 Å². The Morgan fingerprint density at radius 1 is 0.625 bits per heavy atom. The van der Waals surface area contributed by atoms with Crippen LogP contribution in [0.4, 0.5) is 0 Å². The Hall–Kier alpha value is -3.12. The van der Waals surface area contributed by atoms with Crippen LogP contribution in [-0.4, -0.2) is 0 Å². The summed E-state index contributed by atoms with van der Waals surface area (Å²) in [6.45, 7) is 10.6. The van der Waals surface area contributed by atoms with Gasteiger partial charge in [-0.2, -0.15) is 0 Å². The van der Waals surface area contributed by atoms with E-state index in [-0.39, 0.29) is 12.8 Å². The Morgan fingerprint density at radius 3 is 1.56 bits per heavy atom. The predicted octanol–water partition coefficient (Wildman–Crippen LogP) is 9.71. The van der Waals surface area contributed by atoms with Crippen molar-refractivity contribution in [3.05, 3.63) is 132 Å². The Labute approximate surface area is 197 Å².